The highest BCUT2D eigenvalue weighted by Gasteiger charge is 2.23. The lowest BCUT2D eigenvalue weighted by Crippen LogP contribution is -2.50. The Morgan fingerprint density at radius 1 is 1.21 bits per heavy atom. The normalized spacial score (nSPS) is 15.8. The highest BCUT2D eigenvalue weighted by molar-refractivity contribution is 5.97. The molecule has 2 heterocycles. The number of hydrogen-bond donors (Lipinski definition) is 1. The number of allylic oxidation sites excluding steroid dienone is 1. The molecule has 1 amide bonds. The van der Waals surface area contributed by atoms with Crippen molar-refractivity contribution in [1.82, 2.24) is 19.8 Å². The van der Waals surface area contributed by atoms with Gasteiger partial charge in [-0.05, 0) is 31.1 Å². The molecule has 0 bridgehead atoms. The molecule has 1 saturated heterocycles. The van der Waals surface area contributed by atoms with Crippen molar-refractivity contribution in [3.05, 3.63) is 52.1 Å². The van der Waals surface area contributed by atoms with Crippen LogP contribution in [-0.2, 0) is 11.2 Å². The van der Waals surface area contributed by atoms with E-state index in [4.69, 9.17) is 0 Å². The number of benzene rings is 1. The maximum Gasteiger partial charge on any atom is 0.258 e. The molecule has 29 heavy (non-hydrogen) atoms. The van der Waals surface area contributed by atoms with E-state index in [1.165, 1.54) is 5.57 Å². The molecule has 1 aliphatic heterocycles. The number of aromatic nitrogens is 2. The monoisotopic (exact) mass is 395 g/mol. The van der Waals surface area contributed by atoms with Crippen molar-refractivity contribution < 1.29 is 4.79 Å². The molecule has 7 heteroatoms. The fraction of sp³-hybridized carbons (Fsp3) is 0.455. The maximum atomic E-state index is 12.6. The largest absolute Gasteiger partial charge is 0.353 e. The minimum Gasteiger partial charge on any atom is -0.353 e. The summed E-state index contributed by atoms with van der Waals surface area (Å²) in [5.41, 5.74) is 1.68. The van der Waals surface area contributed by atoms with Crippen LogP contribution in [0, 0.1) is 0 Å². The number of carbonyl (C=O) groups excluding carboxylic acids is 1. The number of fused-ring (bicyclic) bond motifs is 1. The molecule has 1 aromatic carbocycles. The fourth-order valence-electron chi connectivity index (χ4n) is 3.77. The van der Waals surface area contributed by atoms with Crippen molar-refractivity contribution in [2.24, 2.45) is 4.99 Å². The van der Waals surface area contributed by atoms with Gasteiger partial charge < -0.3 is 14.8 Å². The molecular formula is C22H29N5O2. The van der Waals surface area contributed by atoms with E-state index in [-0.39, 0.29) is 11.5 Å². The fourth-order valence-corrected chi connectivity index (χ4v) is 3.77. The summed E-state index contributed by atoms with van der Waals surface area (Å²) < 4.78 is 0. The second-order valence-electron chi connectivity index (χ2n) is 7.24. The first kappa shape index (κ1) is 20.8. The van der Waals surface area contributed by atoms with Crippen molar-refractivity contribution in [3.63, 3.8) is 0 Å². The second kappa shape index (κ2) is 9.49. The maximum absolute atomic E-state index is 12.6. The van der Waals surface area contributed by atoms with Gasteiger partial charge in [-0.2, -0.15) is 0 Å². The molecule has 3 rings (SSSR count). The number of nitrogens with one attached hydrogen (secondary N) is 1. The van der Waals surface area contributed by atoms with E-state index in [0.717, 1.165) is 25.3 Å². The molecule has 0 radical (unpaired) electrons. The van der Waals surface area contributed by atoms with Crippen LogP contribution in [0.15, 0.2) is 45.7 Å². The minimum atomic E-state index is -0.159. The average molecular weight is 396 g/mol. The number of nitrogens with zero attached hydrogens (tertiary/aromatic N) is 4. The van der Waals surface area contributed by atoms with E-state index in [9.17, 15) is 9.59 Å². The predicted octanol–water partition coefficient (Wildman–Crippen LogP) is 2.38. The average Bonchev–Trinajstić information content (AvgIpc) is 2.73. The molecule has 7 nitrogen and oxygen atoms in total. The molecule has 0 saturated carbocycles. The van der Waals surface area contributed by atoms with Gasteiger partial charge >= 0.3 is 0 Å². The van der Waals surface area contributed by atoms with Crippen LogP contribution < -0.4 is 5.56 Å². The number of amidine groups is 1. The second-order valence-corrected chi connectivity index (χ2v) is 7.24. The van der Waals surface area contributed by atoms with E-state index in [1.807, 2.05) is 30.1 Å². The van der Waals surface area contributed by atoms with Crippen LogP contribution in [0.5, 0.6) is 0 Å². The number of piperazine rings is 1. The van der Waals surface area contributed by atoms with E-state index in [2.05, 4.69) is 39.8 Å². The van der Waals surface area contributed by atoms with Gasteiger partial charge in [0.25, 0.3) is 5.56 Å². The summed E-state index contributed by atoms with van der Waals surface area (Å²) >= 11 is 0. The van der Waals surface area contributed by atoms with Crippen molar-refractivity contribution in [2.75, 3.05) is 33.2 Å². The number of hydrogen-bond acceptors (Lipinski definition) is 4. The molecule has 2 aromatic rings. The van der Waals surface area contributed by atoms with Crippen molar-refractivity contribution in [3.8, 4) is 0 Å². The Balaban J connectivity index is 1.56. The van der Waals surface area contributed by atoms with Crippen LogP contribution in [0.4, 0.5) is 0 Å². The SMILES string of the molecule is CC/C=C(/C)C(=NC)N1CCN(C(=O)CCc2nc3ccccc3c(=O)[nH]2)CC1. The van der Waals surface area contributed by atoms with Crippen LogP contribution in [-0.4, -0.2) is 64.7 Å². The Bertz CT molecular complexity index is 984. The van der Waals surface area contributed by atoms with Gasteiger partial charge in [0, 0.05) is 46.1 Å². The van der Waals surface area contributed by atoms with Gasteiger partial charge in [0.1, 0.15) is 11.7 Å². The third-order valence-electron chi connectivity index (χ3n) is 5.24. The zero-order chi connectivity index (χ0) is 20.8. The number of amides is 1. The van der Waals surface area contributed by atoms with Gasteiger partial charge in [0.05, 0.1) is 10.9 Å². The van der Waals surface area contributed by atoms with Crippen LogP contribution in [0.2, 0.25) is 0 Å². The van der Waals surface area contributed by atoms with Crippen LogP contribution >= 0.6 is 0 Å². The molecule has 0 aliphatic carbocycles. The zero-order valence-electron chi connectivity index (χ0n) is 17.4. The van der Waals surface area contributed by atoms with Gasteiger partial charge in [0.15, 0.2) is 0 Å². The van der Waals surface area contributed by atoms with E-state index < -0.39 is 0 Å². The van der Waals surface area contributed by atoms with Gasteiger partial charge in [-0.1, -0.05) is 25.1 Å². The summed E-state index contributed by atoms with van der Waals surface area (Å²) in [7, 11) is 1.82. The molecule has 1 N–H and O–H groups in total. The third-order valence-corrected chi connectivity index (χ3v) is 5.24. The minimum absolute atomic E-state index is 0.0938. The lowest BCUT2D eigenvalue weighted by Gasteiger charge is -2.36. The number of rotatable bonds is 5. The standard InChI is InChI=1S/C22H29N5O2/c1-4-7-16(2)21(23-3)27-14-12-26(13-15-27)20(28)11-10-19-24-18-9-6-5-8-17(18)22(29)25-19/h5-9H,4,10-15H2,1-3H3,(H,24,25,29)/b16-7-,23-21?. The number of aryl methyl sites for hydroxylation is 1. The van der Waals surface area contributed by atoms with Gasteiger partial charge in [-0.3, -0.25) is 14.6 Å². The molecule has 0 unspecified atom stereocenters. The van der Waals surface area contributed by atoms with E-state index >= 15 is 0 Å². The summed E-state index contributed by atoms with van der Waals surface area (Å²) in [6.07, 6.45) is 3.93. The van der Waals surface area contributed by atoms with Crippen LogP contribution in [0.25, 0.3) is 10.9 Å². The van der Waals surface area contributed by atoms with Crippen molar-refractivity contribution in [1.29, 1.82) is 0 Å². The molecule has 1 aliphatic rings. The van der Waals surface area contributed by atoms with Crippen LogP contribution in [0.3, 0.4) is 0 Å². The number of aromatic amines is 1. The van der Waals surface area contributed by atoms with Gasteiger partial charge in [0.2, 0.25) is 5.91 Å². The highest BCUT2D eigenvalue weighted by atomic mass is 16.2. The van der Waals surface area contributed by atoms with Crippen molar-refractivity contribution in [2.45, 2.75) is 33.1 Å². The number of aliphatic imine (C=N–C) groups is 1. The number of H-pyrrole nitrogens is 1. The molecule has 154 valence electrons. The highest BCUT2D eigenvalue weighted by Crippen LogP contribution is 2.12. The molecule has 1 aromatic heterocycles. The first-order valence-electron chi connectivity index (χ1n) is 10.2. The Hall–Kier alpha value is -2.96. The summed E-state index contributed by atoms with van der Waals surface area (Å²) in [5, 5.41) is 0.569. The van der Waals surface area contributed by atoms with E-state index in [0.29, 0.717) is 42.7 Å². The van der Waals surface area contributed by atoms with E-state index in [1.54, 1.807) is 6.07 Å². The number of para-hydroxylation sites is 1. The smallest absolute Gasteiger partial charge is 0.258 e. The molecule has 1 fully saturated rings. The zero-order valence-corrected chi connectivity index (χ0v) is 17.4. The lowest BCUT2D eigenvalue weighted by molar-refractivity contribution is -0.132. The first-order valence-corrected chi connectivity index (χ1v) is 10.2. The third kappa shape index (κ3) is 4.91. The molecule has 0 atom stereocenters. The summed E-state index contributed by atoms with van der Waals surface area (Å²) in [6.45, 7) is 7.11. The van der Waals surface area contributed by atoms with Gasteiger partial charge in [-0.25, -0.2) is 4.98 Å². The molecule has 0 spiro atoms. The first-order chi connectivity index (χ1) is 14.0. The lowest BCUT2D eigenvalue weighted by atomic mass is 10.1. The Kier molecular flexibility index (Phi) is 6.80. The Morgan fingerprint density at radius 2 is 1.90 bits per heavy atom. The topological polar surface area (TPSA) is 81.7 Å². The number of carbonyl (C=O) groups is 1. The van der Waals surface area contributed by atoms with Gasteiger partial charge in [-0.15, -0.1) is 0 Å². The summed E-state index contributed by atoms with van der Waals surface area (Å²) in [4.78, 5) is 40.7. The van der Waals surface area contributed by atoms with Crippen LogP contribution in [0.1, 0.15) is 32.5 Å². The summed E-state index contributed by atoms with van der Waals surface area (Å²) in [6, 6.07) is 7.24. The Morgan fingerprint density at radius 3 is 2.59 bits per heavy atom. The van der Waals surface area contributed by atoms with Crippen molar-refractivity contribution >= 4 is 22.6 Å². The quantitative estimate of drug-likeness (QED) is 0.623. The summed E-state index contributed by atoms with van der Waals surface area (Å²) in [5.74, 6) is 1.66. The molecular weight excluding hydrogens is 366 g/mol. The predicted molar refractivity (Wildman–Crippen MR) is 116 cm³/mol. The Labute approximate surface area is 171 Å².